The molecule has 2 N–H and O–H groups in total. The van der Waals surface area contributed by atoms with Crippen LogP contribution in [0.15, 0.2) is 72.9 Å². The number of amides is 1. The summed E-state index contributed by atoms with van der Waals surface area (Å²) in [5.74, 6) is 0.0522. The summed E-state index contributed by atoms with van der Waals surface area (Å²) in [6.07, 6.45) is 1.69. The fourth-order valence-corrected chi connectivity index (χ4v) is 3.26. The van der Waals surface area contributed by atoms with Gasteiger partial charge in [-0.3, -0.25) is 14.7 Å². The molecule has 4 aromatic rings. The number of nitrogens with one attached hydrogen (secondary N) is 2. The Morgan fingerprint density at radius 2 is 1.61 bits per heavy atom. The Balaban J connectivity index is 1.46. The van der Waals surface area contributed by atoms with Gasteiger partial charge in [0.15, 0.2) is 11.4 Å². The molecule has 1 amide bonds. The molecule has 156 valence electrons. The van der Waals surface area contributed by atoms with E-state index in [1.807, 2.05) is 12.1 Å². The number of carbonyl (C=O) groups is 2. The quantitative estimate of drug-likeness (QED) is 0.407. The summed E-state index contributed by atoms with van der Waals surface area (Å²) in [6.45, 7) is 3.37. The highest BCUT2D eigenvalue weighted by Crippen LogP contribution is 2.25. The molecule has 1 aromatic heterocycles. The number of hydrogen-bond donors (Lipinski definition) is 2. The number of aromatic amines is 1. The Kier molecular flexibility index (Phi) is 5.48. The maximum atomic E-state index is 12.9. The second kappa shape index (κ2) is 8.24. The van der Waals surface area contributed by atoms with E-state index in [2.05, 4.69) is 15.5 Å². The average molecular weight is 434 g/mol. The van der Waals surface area contributed by atoms with Gasteiger partial charge >= 0.3 is 0 Å². The number of benzene rings is 3. The molecule has 0 aliphatic rings. The number of carbonyl (C=O) groups excluding carboxylic acids is 2. The van der Waals surface area contributed by atoms with Gasteiger partial charge in [0.05, 0.1) is 17.4 Å². The molecular formula is C24H20ClN3O3. The standard InChI is InChI=1S/C24H20ClN3O3/c1-24(2,23(30)27-20-5-3-4-17-14-26-28-21(17)20)31-19-12-8-16(9-13-19)22(29)15-6-10-18(25)11-7-15/h3-14H,1-2H3,(H,26,28)(H,27,30). The van der Waals surface area contributed by atoms with Crippen LogP contribution < -0.4 is 10.1 Å². The van der Waals surface area contributed by atoms with Crippen LogP contribution in [0.25, 0.3) is 10.9 Å². The molecule has 7 heteroatoms. The lowest BCUT2D eigenvalue weighted by Gasteiger charge is -2.25. The first-order valence-corrected chi connectivity index (χ1v) is 10.0. The lowest BCUT2D eigenvalue weighted by molar-refractivity contribution is -0.128. The third-order valence-electron chi connectivity index (χ3n) is 4.87. The molecule has 0 fully saturated rings. The summed E-state index contributed by atoms with van der Waals surface area (Å²) in [7, 11) is 0. The number of ether oxygens (including phenoxy) is 1. The molecule has 31 heavy (non-hydrogen) atoms. The number of hydrogen-bond acceptors (Lipinski definition) is 4. The first-order valence-electron chi connectivity index (χ1n) is 9.66. The first kappa shape index (κ1) is 20.6. The normalized spacial score (nSPS) is 11.3. The molecule has 0 unspecified atom stereocenters. The van der Waals surface area contributed by atoms with Gasteiger partial charge in [0, 0.05) is 21.5 Å². The maximum Gasteiger partial charge on any atom is 0.268 e. The third kappa shape index (κ3) is 4.44. The summed E-state index contributed by atoms with van der Waals surface area (Å²) in [6, 6.07) is 19.0. The van der Waals surface area contributed by atoms with Crippen LogP contribution in [-0.4, -0.2) is 27.5 Å². The summed E-state index contributed by atoms with van der Waals surface area (Å²) in [5, 5.41) is 11.3. The number of aromatic nitrogens is 2. The summed E-state index contributed by atoms with van der Waals surface area (Å²) in [5.41, 5.74) is 1.29. The van der Waals surface area contributed by atoms with Crippen LogP contribution in [0.5, 0.6) is 5.75 Å². The van der Waals surface area contributed by atoms with E-state index in [4.69, 9.17) is 16.3 Å². The maximum absolute atomic E-state index is 12.9. The third-order valence-corrected chi connectivity index (χ3v) is 5.12. The SMILES string of the molecule is CC(C)(Oc1ccc(C(=O)c2ccc(Cl)cc2)cc1)C(=O)Nc1cccc2cn[nH]c12. The van der Waals surface area contributed by atoms with Crippen molar-refractivity contribution >= 4 is 39.9 Å². The fraction of sp³-hybridized carbons (Fsp3) is 0.125. The number of halogens is 1. The van der Waals surface area contributed by atoms with Crippen molar-refractivity contribution in [1.82, 2.24) is 10.2 Å². The molecule has 0 spiro atoms. The number of rotatable bonds is 6. The zero-order valence-corrected chi connectivity index (χ0v) is 17.7. The molecule has 0 aliphatic heterocycles. The van der Waals surface area contributed by atoms with E-state index >= 15 is 0 Å². The number of fused-ring (bicyclic) bond motifs is 1. The van der Waals surface area contributed by atoms with Crippen LogP contribution in [0.4, 0.5) is 5.69 Å². The lowest BCUT2D eigenvalue weighted by atomic mass is 10.0. The highest BCUT2D eigenvalue weighted by Gasteiger charge is 2.30. The van der Waals surface area contributed by atoms with Gasteiger partial charge in [-0.25, -0.2) is 0 Å². The Hall–Kier alpha value is -3.64. The monoisotopic (exact) mass is 433 g/mol. The van der Waals surface area contributed by atoms with E-state index in [0.717, 1.165) is 10.9 Å². The van der Waals surface area contributed by atoms with Gasteiger partial charge in [-0.05, 0) is 68.4 Å². The second-order valence-corrected chi connectivity index (χ2v) is 8.00. The van der Waals surface area contributed by atoms with Crippen LogP contribution in [0.1, 0.15) is 29.8 Å². The molecule has 3 aromatic carbocycles. The molecule has 6 nitrogen and oxygen atoms in total. The number of H-pyrrole nitrogens is 1. The van der Waals surface area contributed by atoms with Gasteiger partial charge in [0.2, 0.25) is 0 Å². The number of para-hydroxylation sites is 1. The molecule has 0 radical (unpaired) electrons. The van der Waals surface area contributed by atoms with Crippen molar-refractivity contribution in [2.24, 2.45) is 0 Å². The Bertz CT molecular complexity index is 1250. The minimum Gasteiger partial charge on any atom is -0.478 e. The fourth-order valence-electron chi connectivity index (χ4n) is 3.13. The first-order chi connectivity index (χ1) is 14.8. The topological polar surface area (TPSA) is 84.1 Å². The Labute approximate surface area is 184 Å². The van der Waals surface area contributed by atoms with E-state index in [-0.39, 0.29) is 11.7 Å². The van der Waals surface area contributed by atoms with Crippen LogP contribution in [0, 0.1) is 0 Å². The van der Waals surface area contributed by atoms with E-state index in [1.54, 1.807) is 74.6 Å². The van der Waals surface area contributed by atoms with Crippen molar-refractivity contribution < 1.29 is 14.3 Å². The van der Waals surface area contributed by atoms with Crippen LogP contribution in [0.3, 0.4) is 0 Å². The molecule has 4 rings (SSSR count). The minimum atomic E-state index is -1.15. The van der Waals surface area contributed by atoms with Crippen molar-refractivity contribution in [1.29, 1.82) is 0 Å². The van der Waals surface area contributed by atoms with E-state index in [9.17, 15) is 9.59 Å². The van der Waals surface area contributed by atoms with Gasteiger partial charge in [0.1, 0.15) is 5.75 Å². The van der Waals surface area contributed by atoms with Gasteiger partial charge in [-0.2, -0.15) is 5.10 Å². The Morgan fingerprint density at radius 3 is 2.29 bits per heavy atom. The summed E-state index contributed by atoms with van der Waals surface area (Å²) in [4.78, 5) is 25.5. The van der Waals surface area contributed by atoms with E-state index in [1.165, 1.54) is 0 Å². The lowest BCUT2D eigenvalue weighted by Crippen LogP contribution is -2.42. The Morgan fingerprint density at radius 1 is 0.968 bits per heavy atom. The van der Waals surface area contributed by atoms with Gasteiger partial charge < -0.3 is 10.1 Å². The predicted molar refractivity (Wildman–Crippen MR) is 121 cm³/mol. The molecule has 0 atom stereocenters. The van der Waals surface area contributed by atoms with Crippen molar-refractivity contribution in [2.45, 2.75) is 19.4 Å². The minimum absolute atomic E-state index is 0.118. The van der Waals surface area contributed by atoms with Gasteiger partial charge in [-0.1, -0.05) is 23.7 Å². The highest BCUT2D eigenvalue weighted by atomic mass is 35.5. The van der Waals surface area contributed by atoms with Crippen molar-refractivity contribution in [3.05, 3.63) is 89.1 Å². The zero-order valence-electron chi connectivity index (χ0n) is 17.0. The molecule has 0 aliphatic carbocycles. The van der Waals surface area contributed by atoms with Crippen molar-refractivity contribution in [2.75, 3.05) is 5.32 Å². The predicted octanol–water partition coefficient (Wildman–Crippen LogP) is 5.24. The van der Waals surface area contributed by atoms with Crippen molar-refractivity contribution in [3.63, 3.8) is 0 Å². The van der Waals surface area contributed by atoms with Gasteiger partial charge in [0.25, 0.3) is 5.91 Å². The molecule has 0 saturated carbocycles. The number of anilines is 1. The molecular weight excluding hydrogens is 414 g/mol. The van der Waals surface area contributed by atoms with E-state index < -0.39 is 5.60 Å². The number of nitrogens with zero attached hydrogens (tertiary/aromatic N) is 1. The highest BCUT2D eigenvalue weighted by molar-refractivity contribution is 6.30. The summed E-state index contributed by atoms with van der Waals surface area (Å²) < 4.78 is 5.92. The molecule has 0 saturated heterocycles. The van der Waals surface area contributed by atoms with Crippen LogP contribution >= 0.6 is 11.6 Å². The van der Waals surface area contributed by atoms with Crippen LogP contribution in [-0.2, 0) is 4.79 Å². The van der Waals surface area contributed by atoms with Crippen molar-refractivity contribution in [3.8, 4) is 5.75 Å². The second-order valence-electron chi connectivity index (χ2n) is 7.57. The zero-order chi connectivity index (χ0) is 22.0. The largest absolute Gasteiger partial charge is 0.478 e. The average Bonchev–Trinajstić information content (AvgIpc) is 3.24. The van der Waals surface area contributed by atoms with Gasteiger partial charge in [-0.15, -0.1) is 0 Å². The smallest absolute Gasteiger partial charge is 0.268 e. The van der Waals surface area contributed by atoms with E-state index in [0.29, 0.717) is 27.6 Å². The number of ketones is 1. The molecule has 1 heterocycles. The summed E-state index contributed by atoms with van der Waals surface area (Å²) >= 11 is 5.88. The molecule has 0 bridgehead atoms. The van der Waals surface area contributed by atoms with Crippen LogP contribution in [0.2, 0.25) is 5.02 Å².